The number of nitrogens with zero attached hydrogens (tertiary/aromatic N) is 26. The molecule has 0 saturated heterocycles. The van der Waals surface area contributed by atoms with Gasteiger partial charge in [-0.2, -0.15) is 35.6 Å². The Morgan fingerprint density at radius 2 is 0.615 bits per heavy atom. The van der Waals surface area contributed by atoms with Gasteiger partial charge in [0, 0.05) is 146 Å². The van der Waals surface area contributed by atoms with E-state index >= 15 is 0 Å². The van der Waals surface area contributed by atoms with Crippen LogP contribution in [0.3, 0.4) is 0 Å². The van der Waals surface area contributed by atoms with Crippen LogP contribution in [0.5, 0.6) is 0 Å². The van der Waals surface area contributed by atoms with E-state index in [1.807, 2.05) is 179 Å². The van der Waals surface area contributed by atoms with Crippen LogP contribution < -0.4 is 0 Å². The predicted octanol–water partition coefficient (Wildman–Crippen LogP) is 22.2. The molecule has 16 aromatic rings. The summed E-state index contributed by atoms with van der Waals surface area (Å²) in [6, 6.07) is 52.5. The van der Waals surface area contributed by atoms with Gasteiger partial charge < -0.3 is 24.7 Å². The van der Waals surface area contributed by atoms with E-state index in [2.05, 4.69) is 72.2 Å². The molecule has 4 aliphatic carbocycles. The molecule has 8 aromatic carbocycles. The first-order valence-electron chi connectivity index (χ1n) is 47.4. The van der Waals surface area contributed by atoms with Crippen LogP contribution in [0.15, 0.2) is 170 Å². The number of aliphatic hydroxyl groups excluding tert-OH is 1. The Bertz CT molecular complexity index is 7220. The van der Waals surface area contributed by atoms with Crippen molar-refractivity contribution < 1.29 is 24.3 Å². The Morgan fingerprint density at radius 3 is 0.888 bits per heavy atom. The van der Waals surface area contributed by atoms with Gasteiger partial charge in [-0.3, -0.25) is 19.2 Å². The van der Waals surface area contributed by atoms with Gasteiger partial charge in [-0.05, 0) is 171 Å². The topological polar surface area (TPSA) is 369 Å². The van der Waals surface area contributed by atoms with Crippen LogP contribution in [-0.2, 0) is 20.7 Å². The number of amides is 4. The third-order valence-electron chi connectivity index (χ3n) is 27.1. The number of halogens is 8. The molecule has 0 unspecified atom stereocenters. The summed E-state index contributed by atoms with van der Waals surface area (Å²) in [7, 11) is 11.0. The Kier molecular flexibility index (Phi) is 32.2. The van der Waals surface area contributed by atoms with Gasteiger partial charge in [-0.1, -0.05) is 267 Å². The number of benzene rings is 8. The number of tetrazole rings is 4. The summed E-state index contributed by atoms with van der Waals surface area (Å²) in [5.74, 6) is 1.71. The van der Waals surface area contributed by atoms with Crippen molar-refractivity contribution in [3.05, 3.63) is 255 Å². The standard InChI is InChI=1S/2C26H27Cl2N7O.C25H25Cl2N7O2.C25H25Cl2N7O/c1-16-23(26(36)33(2)20-7-5-4-6-8-20)30-35(22-14-13-19(27)15-21(22)28)24(16)17-9-11-18(12-10-17)25-29-31-32-34(25)3;1-16-23(26(36)33(2)20-7-5-4-6-8-20)30-35(22-14-13-19(27)15-21(22)28)24(16)17-9-11-18(12-10-17)25-29-32-34(3)31-25;1-33(18-5-3-2-4-6-18)25(36)22-19(14-35)23(34(30-22)21-12-11-17(26)13-20(21)27)15-7-9-16(10-8-15)24-28-31-32-29-24;1-15-22(25(35)33(2)19-6-4-3-5-7-19)30-34(21-13-12-18(26)14-20(21)27)23(15)16-8-10-17(11-9-16)24-28-31-32-29-24/h2*9-15,20H,4-8H2,1-3H3;7-13,18,35H,2-6,14H2,1H3,(H,28,29,31,32);8-14,19H,3-7H2,1-2H3,(H,28,29,31,32). The third kappa shape index (κ3) is 22.2. The number of rotatable bonds is 21. The molecular formula is C102H104Cl8N28O5. The van der Waals surface area contributed by atoms with Crippen molar-refractivity contribution >= 4 is 116 Å². The Labute approximate surface area is 865 Å². The van der Waals surface area contributed by atoms with Crippen LogP contribution in [0, 0.1) is 20.8 Å². The van der Waals surface area contributed by atoms with Gasteiger partial charge in [0.1, 0.15) is 0 Å². The summed E-state index contributed by atoms with van der Waals surface area (Å²) < 4.78 is 8.45. The summed E-state index contributed by atoms with van der Waals surface area (Å²) in [6.07, 6.45) is 22.0. The zero-order valence-electron chi connectivity index (χ0n) is 80.1. The van der Waals surface area contributed by atoms with Crippen LogP contribution in [0.2, 0.25) is 40.2 Å². The molecule has 4 amide bonds. The first-order chi connectivity index (χ1) is 69.1. The number of aromatic amines is 2. The second-order valence-corrected chi connectivity index (χ2v) is 39.5. The number of aliphatic hydroxyl groups is 1. The zero-order valence-corrected chi connectivity index (χ0v) is 86.1. The third-order valence-corrected chi connectivity index (χ3v) is 29.3. The van der Waals surface area contributed by atoms with Gasteiger partial charge >= 0.3 is 0 Å². The molecule has 33 nitrogen and oxygen atoms in total. The lowest BCUT2D eigenvalue weighted by atomic mass is 9.94. The van der Waals surface area contributed by atoms with E-state index in [1.54, 1.807) is 97.0 Å². The van der Waals surface area contributed by atoms with E-state index in [9.17, 15) is 24.3 Å². The van der Waals surface area contributed by atoms with Crippen molar-refractivity contribution in [3.8, 4) is 113 Å². The van der Waals surface area contributed by atoms with Crippen molar-refractivity contribution in [2.75, 3.05) is 28.2 Å². The number of aryl methyl sites for hydroxylation is 2. The maximum atomic E-state index is 13.7. The van der Waals surface area contributed by atoms with Gasteiger partial charge in [0.25, 0.3) is 23.6 Å². The molecule has 0 radical (unpaired) electrons. The quantitative estimate of drug-likeness (QED) is 0.0601. The summed E-state index contributed by atoms with van der Waals surface area (Å²) in [4.78, 5) is 63.3. The fourth-order valence-corrected chi connectivity index (χ4v) is 21.2. The minimum absolute atomic E-state index is 0.0775. The van der Waals surface area contributed by atoms with Gasteiger partial charge in [0.05, 0.1) is 79.3 Å². The monoisotopic (exact) mass is 2080 g/mol. The number of H-pyrrole nitrogens is 2. The number of aromatic nitrogens is 24. The van der Waals surface area contributed by atoms with E-state index in [4.69, 9.17) is 113 Å². The molecule has 0 spiro atoms. The lowest BCUT2D eigenvalue weighted by molar-refractivity contribution is 0.0680. The maximum Gasteiger partial charge on any atom is 0.274 e. The highest BCUT2D eigenvalue weighted by Crippen LogP contribution is 2.43. The lowest BCUT2D eigenvalue weighted by Crippen LogP contribution is -2.38. The molecule has 20 rings (SSSR count). The van der Waals surface area contributed by atoms with E-state index in [-0.39, 0.29) is 60.1 Å². The molecule has 738 valence electrons. The van der Waals surface area contributed by atoms with Crippen LogP contribution in [-0.4, -0.2) is 221 Å². The molecule has 4 fully saturated rings. The highest BCUT2D eigenvalue weighted by Gasteiger charge is 2.36. The molecular weight excluding hydrogens is 1980 g/mol. The highest BCUT2D eigenvalue weighted by atomic mass is 35.5. The molecule has 8 aromatic heterocycles. The number of carbonyl (C=O) groups excluding carboxylic acids is 4. The first-order valence-corrected chi connectivity index (χ1v) is 50.4. The number of nitrogens with one attached hydrogen (secondary N) is 2. The zero-order chi connectivity index (χ0) is 101. The van der Waals surface area contributed by atoms with Gasteiger partial charge in [0.2, 0.25) is 17.5 Å². The van der Waals surface area contributed by atoms with Crippen molar-refractivity contribution in [1.82, 2.24) is 140 Å². The molecule has 143 heavy (non-hydrogen) atoms. The van der Waals surface area contributed by atoms with Crippen molar-refractivity contribution in [1.29, 1.82) is 0 Å². The Balaban J connectivity index is 0.000000131. The van der Waals surface area contributed by atoms with Gasteiger partial charge in [-0.25, -0.2) is 23.4 Å². The number of hydrogen-bond donors (Lipinski definition) is 3. The Morgan fingerprint density at radius 1 is 0.336 bits per heavy atom. The van der Waals surface area contributed by atoms with E-state index in [0.717, 1.165) is 181 Å². The minimum Gasteiger partial charge on any atom is -0.392 e. The summed E-state index contributed by atoms with van der Waals surface area (Å²) in [6.45, 7) is 5.43. The SMILES string of the molecule is CN(C(=O)c1nn(-c2ccc(Cl)cc2Cl)c(-c2ccc(-c3nn[nH]n3)cc2)c1CO)C1CCCCC1.Cc1c(C(=O)N(C)C2CCCCC2)nn(-c2ccc(Cl)cc2Cl)c1-c1ccc(-c2nn[nH]n2)cc1.Cc1c(C(=O)N(C)C2CCCCC2)nn(-c2ccc(Cl)cc2Cl)c1-c1ccc(-c2nnn(C)n2)cc1.Cc1c(C(=O)N(C)C2CCCCC2)nn(-c2ccc(Cl)cc2Cl)c1-c1ccc(-c2nnnn2C)cc1. The van der Waals surface area contributed by atoms with Crippen molar-refractivity contribution in [2.24, 2.45) is 14.1 Å². The average Bonchev–Trinajstić information content (AvgIpc) is 1.63. The van der Waals surface area contributed by atoms with E-state index < -0.39 is 0 Å². The summed E-state index contributed by atoms with van der Waals surface area (Å²) in [5.41, 5.74) is 16.4. The first kappa shape index (κ1) is 102. The second kappa shape index (κ2) is 45.3. The Hall–Kier alpha value is -13.0. The predicted molar refractivity (Wildman–Crippen MR) is 554 cm³/mol. The lowest BCUT2D eigenvalue weighted by Gasteiger charge is -2.30. The van der Waals surface area contributed by atoms with Gasteiger partial charge in [0.15, 0.2) is 28.6 Å². The van der Waals surface area contributed by atoms with Crippen LogP contribution in [0.4, 0.5) is 0 Å². The number of hydrogen-bond acceptors (Lipinski definition) is 21. The molecule has 8 heterocycles. The van der Waals surface area contributed by atoms with Gasteiger partial charge in [-0.15, -0.1) is 35.7 Å². The molecule has 4 saturated carbocycles. The van der Waals surface area contributed by atoms with Crippen molar-refractivity contribution in [3.63, 3.8) is 0 Å². The summed E-state index contributed by atoms with van der Waals surface area (Å²) >= 11 is 50.9. The molecule has 4 aliphatic rings. The molecule has 0 aliphatic heterocycles. The molecule has 41 heteroatoms. The summed E-state index contributed by atoms with van der Waals surface area (Å²) in [5, 5.41) is 85.6. The second-order valence-electron chi connectivity index (χ2n) is 36.2. The largest absolute Gasteiger partial charge is 0.392 e. The molecule has 3 N–H and O–H groups in total. The smallest absolute Gasteiger partial charge is 0.274 e. The number of carbonyl (C=O) groups is 4. The highest BCUT2D eigenvalue weighted by molar-refractivity contribution is 6.37. The molecule has 0 atom stereocenters. The average molecular weight is 2090 g/mol. The molecule has 0 bridgehead atoms. The fourth-order valence-electron chi connectivity index (χ4n) is 19.2. The maximum absolute atomic E-state index is 13.7. The fraction of sp³-hybridized carbons (Fsp3) is 0.333. The van der Waals surface area contributed by atoms with Crippen LogP contribution >= 0.6 is 92.8 Å². The van der Waals surface area contributed by atoms with Crippen LogP contribution in [0.1, 0.15) is 193 Å². The normalized spacial score (nSPS) is 14.3. The van der Waals surface area contributed by atoms with Crippen LogP contribution in [0.25, 0.3) is 113 Å². The minimum atomic E-state index is -0.368. The van der Waals surface area contributed by atoms with E-state index in [1.165, 1.54) is 30.5 Å². The van der Waals surface area contributed by atoms with E-state index in [0.29, 0.717) is 115 Å². The van der Waals surface area contributed by atoms with Crippen molar-refractivity contribution in [2.45, 2.75) is 180 Å².